The first-order chi connectivity index (χ1) is 26.2. The lowest BCUT2D eigenvalue weighted by atomic mass is 9.74. The van der Waals surface area contributed by atoms with Gasteiger partial charge in [0.15, 0.2) is 12.4 Å². The number of hydrogen-bond donors (Lipinski definition) is 3. The highest BCUT2D eigenvalue weighted by Crippen LogP contribution is 2.47. The predicted molar refractivity (Wildman–Crippen MR) is 197 cm³/mol. The van der Waals surface area contributed by atoms with E-state index in [-0.39, 0.29) is 63.9 Å². The number of aliphatic hydroxyl groups is 3. The van der Waals surface area contributed by atoms with Crippen molar-refractivity contribution >= 4 is 23.9 Å². The molecule has 3 rings (SSSR count). The topological polar surface area (TPSA) is 203 Å². The van der Waals surface area contributed by atoms with Crippen LogP contribution in [-0.4, -0.2) is 121 Å². The highest BCUT2D eigenvalue weighted by atomic mass is 16.7. The van der Waals surface area contributed by atoms with Crippen LogP contribution in [0.15, 0.2) is 36.5 Å². The van der Waals surface area contributed by atoms with E-state index in [1.807, 2.05) is 0 Å². The van der Waals surface area contributed by atoms with Crippen LogP contribution in [0.25, 0.3) is 0 Å². The minimum absolute atomic E-state index is 0.0516. The molecular formula is C40H62O15. The maximum Gasteiger partial charge on any atom is 0.330 e. The van der Waals surface area contributed by atoms with Crippen molar-refractivity contribution in [3.63, 3.8) is 0 Å². The number of ether oxygens (including phenoxy) is 8. The summed E-state index contributed by atoms with van der Waals surface area (Å²) in [5.41, 5.74) is -1.22. The first kappa shape index (κ1) is 46.2. The summed E-state index contributed by atoms with van der Waals surface area (Å²) in [5.74, 6) is -4.94. The van der Waals surface area contributed by atoms with Crippen molar-refractivity contribution in [3.05, 3.63) is 36.5 Å². The monoisotopic (exact) mass is 782 g/mol. The summed E-state index contributed by atoms with van der Waals surface area (Å²) >= 11 is 0. The third kappa shape index (κ3) is 15.0. The Morgan fingerprint density at radius 2 is 1.73 bits per heavy atom. The molecule has 15 heteroatoms. The quantitative estimate of drug-likeness (QED) is 0.0798. The molecule has 2 unspecified atom stereocenters. The van der Waals surface area contributed by atoms with E-state index in [1.54, 1.807) is 26.0 Å². The fourth-order valence-electron chi connectivity index (χ4n) is 6.74. The molecule has 0 spiro atoms. The molecule has 55 heavy (non-hydrogen) atoms. The smallest absolute Gasteiger partial charge is 0.330 e. The Labute approximate surface area is 324 Å². The molecule has 0 saturated carbocycles. The highest BCUT2D eigenvalue weighted by Gasteiger charge is 2.57. The molecule has 2 saturated heterocycles. The van der Waals surface area contributed by atoms with Crippen LogP contribution in [0.1, 0.15) is 104 Å². The van der Waals surface area contributed by atoms with E-state index in [2.05, 4.69) is 13.5 Å². The van der Waals surface area contributed by atoms with Crippen LogP contribution in [-0.2, 0) is 57.1 Å². The third-order valence-electron chi connectivity index (χ3n) is 9.88. The van der Waals surface area contributed by atoms with Crippen molar-refractivity contribution in [2.75, 3.05) is 33.5 Å². The van der Waals surface area contributed by atoms with Crippen LogP contribution >= 0.6 is 0 Å². The second-order valence-electron chi connectivity index (χ2n) is 14.9. The molecule has 8 atom stereocenters. The van der Waals surface area contributed by atoms with E-state index < -0.39 is 84.6 Å². The van der Waals surface area contributed by atoms with E-state index in [4.69, 9.17) is 37.9 Å². The van der Waals surface area contributed by atoms with Crippen molar-refractivity contribution in [2.24, 2.45) is 5.41 Å². The number of carbonyl (C=O) groups excluding carboxylic acids is 4. The molecule has 4 bridgehead atoms. The van der Waals surface area contributed by atoms with Gasteiger partial charge in [-0.2, -0.15) is 0 Å². The summed E-state index contributed by atoms with van der Waals surface area (Å²) in [4.78, 5) is 51.4. The largest absolute Gasteiger partial charge is 0.466 e. The number of rotatable bonds is 13. The van der Waals surface area contributed by atoms with Crippen LogP contribution < -0.4 is 0 Å². The molecule has 3 heterocycles. The fourth-order valence-corrected chi connectivity index (χ4v) is 6.74. The van der Waals surface area contributed by atoms with Crippen LogP contribution in [0.2, 0.25) is 0 Å². The van der Waals surface area contributed by atoms with Crippen molar-refractivity contribution in [2.45, 2.75) is 153 Å². The SMILES string of the molecule is C=CCOC(=O)C[C@H]1CC2CCOCC[C@@H](O)CC(=O)OC(CO)C[C@@H]3CC(=CC(=O)OC)[C@H](OC(=O)CCCCCCC)[C@@](O)(O3)C(C)(C)C=C[C@H](O2)O1. The van der Waals surface area contributed by atoms with Crippen molar-refractivity contribution in [3.8, 4) is 0 Å². The molecule has 312 valence electrons. The molecule has 2 fully saturated rings. The number of esters is 4. The number of carbonyl (C=O) groups is 4. The van der Waals surface area contributed by atoms with Gasteiger partial charge in [-0.25, -0.2) is 4.79 Å². The molecule has 0 aromatic rings. The van der Waals surface area contributed by atoms with Crippen molar-refractivity contribution < 1.29 is 72.4 Å². The Morgan fingerprint density at radius 1 is 1.00 bits per heavy atom. The zero-order chi connectivity index (χ0) is 40.4. The summed E-state index contributed by atoms with van der Waals surface area (Å²) in [6, 6.07) is 0. The Morgan fingerprint density at radius 3 is 2.44 bits per heavy atom. The number of methoxy groups -OCH3 is 1. The van der Waals surface area contributed by atoms with Gasteiger partial charge in [-0.1, -0.05) is 65.2 Å². The number of aliphatic hydroxyl groups excluding tert-OH is 2. The summed E-state index contributed by atoms with van der Waals surface area (Å²) in [5, 5.41) is 33.4. The molecule has 0 aliphatic carbocycles. The van der Waals surface area contributed by atoms with Crippen LogP contribution in [0.5, 0.6) is 0 Å². The summed E-state index contributed by atoms with van der Waals surface area (Å²) < 4.78 is 46.1. The Kier molecular flexibility index (Phi) is 19.4. The average Bonchev–Trinajstić information content (AvgIpc) is 3.13. The Bertz CT molecular complexity index is 1310. The van der Waals surface area contributed by atoms with Crippen molar-refractivity contribution in [1.29, 1.82) is 0 Å². The molecule has 3 aliphatic heterocycles. The van der Waals surface area contributed by atoms with Gasteiger partial charge in [0.05, 0.1) is 51.0 Å². The van der Waals surface area contributed by atoms with Crippen molar-refractivity contribution in [1.82, 2.24) is 0 Å². The van der Waals surface area contributed by atoms with E-state index in [9.17, 15) is 34.5 Å². The first-order valence-electron chi connectivity index (χ1n) is 19.4. The zero-order valence-corrected chi connectivity index (χ0v) is 32.8. The van der Waals surface area contributed by atoms with Gasteiger partial charge < -0.3 is 53.2 Å². The maximum absolute atomic E-state index is 13.3. The molecule has 15 nitrogen and oxygen atoms in total. The highest BCUT2D eigenvalue weighted by molar-refractivity contribution is 5.83. The van der Waals surface area contributed by atoms with Gasteiger partial charge in [0, 0.05) is 44.0 Å². The maximum atomic E-state index is 13.3. The Hall–Kier alpha value is -3.18. The molecular weight excluding hydrogens is 720 g/mol. The molecule has 3 N–H and O–H groups in total. The third-order valence-corrected chi connectivity index (χ3v) is 9.88. The van der Waals surface area contributed by atoms with Gasteiger partial charge in [-0.15, -0.1) is 0 Å². The summed E-state index contributed by atoms with van der Waals surface area (Å²) in [7, 11) is 1.19. The lowest BCUT2D eigenvalue weighted by Crippen LogP contribution is -2.62. The lowest BCUT2D eigenvalue weighted by molar-refractivity contribution is -0.327. The second-order valence-corrected chi connectivity index (χ2v) is 14.9. The summed E-state index contributed by atoms with van der Waals surface area (Å²) in [6.45, 7) is 8.80. The molecule has 0 radical (unpaired) electrons. The van der Waals surface area contributed by atoms with Gasteiger partial charge in [0.1, 0.15) is 12.7 Å². The normalized spacial score (nSPS) is 31.4. The van der Waals surface area contributed by atoms with Gasteiger partial charge in [0.25, 0.3) is 0 Å². The van der Waals surface area contributed by atoms with Gasteiger partial charge >= 0.3 is 23.9 Å². The minimum Gasteiger partial charge on any atom is -0.466 e. The Balaban J connectivity index is 2.04. The average molecular weight is 783 g/mol. The predicted octanol–water partition coefficient (Wildman–Crippen LogP) is 3.89. The lowest BCUT2D eigenvalue weighted by Gasteiger charge is -2.51. The standard InChI is InChI=1S/C40H62O15/c1-6-8-9-10-11-12-33(43)54-38-27(21-34(44)48-5)20-31-24-32(26-41)51-36(46)22-28(42)14-18-49-19-15-29-23-30(25-35(45)50-17-7-2)53-37(52-29)13-16-39(3,4)40(38,47)55-31/h7,13,16,21,28-32,37-38,41-42,47H,2,6,8-12,14-15,17-20,22-26H2,1,3-5H3/t28-,29?,30-,31+,32?,37-,38+,40-/m1/s1. The second kappa shape index (κ2) is 23.1. The first-order valence-corrected chi connectivity index (χ1v) is 19.4. The van der Waals surface area contributed by atoms with Crippen LogP contribution in [0.4, 0.5) is 0 Å². The zero-order valence-electron chi connectivity index (χ0n) is 32.8. The number of fused-ring (bicyclic) bond motifs is 4. The molecule has 3 aliphatic rings. The van der Waals surface area contributed by atoms with E-state index in [0.717, 1.165) is 31.8 Å². The van der Waals surface area contributed by atoms with E-state index in [0.29, 0.717) is 19.3 Å². The van der Waals surface area contributed by atoms with Gasteiger partial charge in [0.2, 0.25) is 5.79 Å². The molecule has 0 amide bonds. The number of hydrogen-bond acceptors (Lipinski definition) is 15. The number of cyclic esters (lactones) is 1. The van der Waals surface area contributed by atoms with Gasteiger partial charge in [-0.05, 0) is 37.3 Å². The minimum atomic E-state index is -2.35. The van der Waals surface area contributed by atoms with Gasteiger partial charge in [-0.3, -0.25) is 14.4 Å². The van der Waals surface area contributed by atoms with E-state index >= 15 is 0 Å². The summed E-state index contributed by atoms with van der Waals surface area (Å²) in [6.07, 6.45) is 3.96. The van der Waals surface area contributed by atoms with Crippen LogP contribution in [0, 0.1) is 5.41 Å². The molecule has 0 aromatic heterocycles. The molecule has 0 aromatic carbocycles. The van der Waals surface area contributed by atoms with E-state index in [1.165, 1.54) is 13.2 Å². The number of unbranched alkanes of at least 4 members (excludes halogenated alkanes) is 4. The van der Waals surface area contributed by atoms with Crippen LogP contribution in [0.3, 0.4) is 0 Å². The fraction of sp³-hybridized carbons (Fsp3) is 0.750.